The van der Waals surface area contributed by atoms with E-state index in [0.29, 0.717) is 6.42 Å². The maximum absolute atomic E-state index is 4.56. The van der Waals surface area contributed by atoms with Crippen LogP contribution in [0.2, 0.25) is 0 Å². The second-order valence-corrected chi connectivity index (χ2v) is 4.32. The first-order valence-corrected chi connectivity index (χ1v) is 6.08. The van der Waals surface area contributed by atoms with Crippen LogP contribution in [-0.2, 0) is 13.0 Å². The fraction of sp³-hybridized carbons (Fsp3) is 0.357. The first kappa shape index (κ1) is 12.6. The number of aromatic nitrogens is 3. The standard InChI is InChI=1S/C14H18N4/c1-10-13(9-15-3)11(2)18-14(17-10)8-12-6-4-5-7-16-12/h4-7,15H,8-9H2,1-3H3. The van der Waals surface area contributed by atoms with Gasteiger partial charge in [0.25, 0.3) is 0 Å². The van der Waals surface area contributed by atoms with Crippen LogP contribution in [0.3, 0.4) is 0 Å². The van der Waals surface area contributed by atoms with Crippen molar-refractivity contribution in [2.75, 3.05) is 7.05 Å². The topological polar surface area (TPSA) is 50.7 Å². The smallest absolute Gasteiger partial charge is 0.134 e. The molecule has 2 rings (SSSR count). The molecule has 0 atom stereocenters. The summed E-state index contributed by atoms with van der Waals surface area (Å²) >= 11 is 0. The van der Waals surface area contributed by atoms with Gasteiger partial charge < -0.3 is 5.32 Å². The van der Waals surface area contributed by atoms with Gasteiger partial charge in [0.2, 0.25) is 0 Å². The maximum atomic E-state index is 4.56. The Bertz CT molecular complexity index is 500. The summed E-state index contributed by atoms with van der Waals surface area (Å²) in [5, 5.41) is 3.14. The molecule has 0 unspecified atom stereocenters. The molecule has 18 heavy (non-hydrogen) atoms. The predicted molar refractivity (Wildman–Crippen MR) is 71.3 cm³/mol. The molecule has 0 bridgehead atoms. The molecule has 0 saturated carbocycles. The summed E-state index contributed by atoms with van der Waals surface area (Å²) in [4.78, 5) is 13.4. The lowest BCUT2D eigenvalue weighted by molar-refractivity contribution is 0.771. The molecule has 0 spiro atoms. The molecular formula is C14H18N4. The van der Waals surface area contributed by atoms with Crippen LogP contribution in [-0.4, -0.2) is 22.0 Å². The summed E-state index contributed by atoms with van der Waals surface area (Å²) < 4.78 is 0. The van der Waals surface area contributed by atoms with E-state index in [1.54, 1.807) is 6.20 Å². The Morgan fingerprint density at radius 1 is 1.11 bits per heavy atom. The van der Waals surface area contributed by atoms with Crippen molar-refractivity contribution in [3.8, 4) is 0 Å². The molecule has 0 aliphatic rings. The average Bonchev–Trinajstić information content (AvgIpc) is 2.35. The van der Waals surface area contributed by atoms with Crippen LogP contribution in [0, 0.1) is 13.8 Å². The predicted octanol–water partition coefficient (Wildman–Crippen LogP) is 1.80. The Labute approximate surface area is 108 Å². The third-order valence-electron chi connectivity index (χ3n) is 2.89. The number of hydrogen-bond donors (Lipinski definition) is 1. The molecule has 2 heterocycles. The molecule has 0 saturated heterocycles. The summed E-state index contributed by atoms with van der Waals surface area (Å²) in [5.74, 6) is 0.837. The Morgan fingerprint density at radius 2 is 1.83 bits per heavy atom. The van der Waals surface area contributed by atoms with Gasteiger partial charge in [-0.2, -0.15) is 0 Å². The van der Waals surface area contributed by atoms with Crippen molar-refractivity contribution in [1.82, 2.24) is 20.3 Å². The number of nitrogens with zero attached hydrogens (tertiary/aromatic N) is 3. The second kappa shape index (κ2) is 5.69. The van der Waals surface area contributed by atoms with Gasteiger partial charge in [0, 0.05) is 35.4 Å². The first-order valence-electron chi connectivity index (χ1n) is 6.08. The number of nitrogens with one attached hydrogen (secondary N) is 1. The van der Waals surface area contributed by atoms with Crippen LogP contribution in [0.1, 0.15) is 28.5 Å². The molecule has 2 aromatic heterocycles. The van der Waals surface area contributed by atoms with E-state index in [-0.39, 0.29) is 0 Å². The number of pyridine rings is 1. The van der Waals surface area contributed by atoms with E-state index >= 15 is 0 Å². The monoisotopic (exact) mass is 242 g/mol. The third-order valence-corrected chi connectivity index (χ3v) is 2.89. The zero-order valence-electron chi connectivity index (χ0n) is 11.1. The lowest BCUT2D eigenvalue weighted by Gasteiger charge is -2.10. The highest BCUT2D eigenvalue weighted by Gasteiger charge is 2.08. The summed E-state index contributed by atoms with van der Waals surface area (Å²) in [5.41, 5.74) is 4.27. The van der Waals surface area contributed by atoms with Gasteiger partial charge in [0.1, 0.15) is 5.82 Å². The normalized spacial score (nSPS) is 10.6. The molecule has 0 fully saturated rings. The summed E-state index contributed by atoms with van der Waals surface area (Å²) in [7, 11) is 1.93. The summed E-state index contributed by atoms with van der Waals surface area (Å²) in [6.07, 6.45) is 2.48. The summed E-state index contributed by atoms with van der Waals surface area (Å²) in [6.45, 7) is 4.87. The van der Waals surface area contributed by atoms with Crippen molar-refractivity contribution in [2.24, 2.45) is 0 Å². The molecular weight excluding hydrogens is 224 g/mol. The third kappa shape index (κ3) is 2.90. The molecule has 1 N–H and O–H groups in total. The van der Waals surface area contributed by atoms with Crippen LogP contribution in [0.5, 0.6) is 0 Å². The van der Waals surface area contributed by atoms with Gasteiger partial charge in [-0.3, -0.25) is 4.98 Å². The lowest BCUT2D eigenvalue weighted by Crippen LogP contribution is -2.12. The van der Waals surface area contributed by atoms with Gasteiger partial charge in [-0.25, -0.2) is 9.97 Å². The highest BCUT2D eigenvalue weighted by molar-refractivity contribution is 5.25. The van der Waals surface area contributed by atoms with E-state index in [1.807, 2.05) is 39.1 Å². The zero-order valence-corrected chi connectivity index (χ0v) is 11.1. The van der Waals surface area contributed by atoms with Gasteiger partial charge in [-0.1, -0.05) is 6.07 Å². The van der Waals surface area contributed by atoms with Crippen molar-refractivity contribution in [3.05, 3.63) is 52.9 Å². The Morgan fingerprint density at radius 3 is 2.39 bits per heavy atom. The van der Waals surface area contributed by atoms with E-state index in [1.165, 1.54) is 5.56 Å². The van der Waals surface area contributed by atoms with Gasteiger partial charge >= 0.3 is 0 Å². The van der Waals surface area contributed by atoms with Gasteiger partial charge in [-0.15, -0.1) is 0 Å². The fourth-order valence-electron chi connectivity index (χ4n) is 1.99. The van der Waals surface area contributed by atoms with Crippen LogP contribution >= 0.6 is 0 Å². The first-order chi connectivity index (χ1) is 8.70. The van der Waals surface area contributed by atoms with Crippen molar-refractivity contribution >= 4 is 0 Å². The van der Waals surface area contributed by atoms with E-state index in [2.05, 4.69) is 20.3 Å². The van der Waals surface area contributed by atoms with Crippen molar-refractivity contribution < 1.29 is 0 Å². The Hall–Kier alpha value is -1.81. The molecule has 4 heteroatoms. The lowest BCUT2D eigenvalue weighted by atomic mass is 10.1. The van der Waals surface area contributed by atoms with Gasteiger partial charge in [0.15, 0.2) is 0 Å². The van der Waals surface area contributed by atoms with Gasteiger partial charge in [-0.05, 0) is 33.0 Å². The number of rotatable bonds is 4. The largest absolute Gasteiger partial charge is 0.316 e. The van der Waals surface area contributed by atoms with E-state index in [0.717, 1.165) is 29.5 Å². The quantitative estimate of drug-likeness (QED) is 0.888. The van der Waals surface area contributed by atoms with Crippen LogP contribution < -0.4 is 5.32 Å². The molecule has 2 aromatic rings. The SMILES string of the molecule is CNCc1c(C)nc(Cc2ccccn2)nc1C. The van der Waals surface area contributed by atoms with Crippen molar-refractivity contribution in [1.29, 1.82) is 0 Å². The van der Waals surface area contributed by atoms with E-state index in [9.17, 15) is 0 Å². The molecule has 4 nitrogen and oxygen atoms in total. The minimum Gasteiger partial charge on any atom is -0.316 e. The minimum atomic E-state index is 0.683. The van der Waals surface area contributed by atoms with Crippen LogP contribution in [0.15, 0.2) is 24.4 Å². The Kier molecular flexibility index (Phi) is 3.99. The number of aryl methyl sites for hydroxylation is 2. The molecule has 0 radical (unpaired) electrons. The summed E-state index contributed by atoms with van der Waals surface area (Å²) in [6, 6.07) is 5.89. The minimum absolute atomic E-state index is 0.683. The molecule has 0 aliphatic heterocycles. The highest BCUT2D eigenvalue weighted by atomic mass is 14.9. The van der Waals surface area contributed by atoms with Crippen molar-refractivity contribution in [2.45, 2.75) is 26.8 Å². The molecule has 94 valence electrons. The van der Waals surface area contributed by atoms with Crippen molar-refractivity contribution in [3.63, 3.8) is 0 Å². The van der Waals surface area contributed by atoms with E-state index in [4.69, 9.17) is 0 Å². The van der Waals surface area contributed by atoms with Gasteiger partial charge in [0.05, 0.1) is 6.42 Å². The van der Waals surface area contributed by atoms with Crippen LogP contribution in [0.25, 0.3) is 0 Å². The Balaban J connectivity index is 2.25. The molecule has 0 amide bonds. The molecule has 0 aliphatic carbocycles. The van der Waals surface area contributed by atoms with E-state index < -0.39 is 0 Å². The number of hydrogen-bond acceptors (Lipinski definition) is 4. The second-order valence-electron chi connectivity index (χ2n) is 4.32. The molecule has 0 aromatic carbocycles. The fourth-order valence-corrected chi connectivity index (χ4v) is 1.99. The zero-order chi connectivity index (χ0) is 13.0. The van der Waals surface area contributed by atoms with Crippen LogP contribution in [0.4, 0.5) is 0 Å². The average molecular weight is 242 g/mol. The maximum Gasteiger partial charge on any atom is 0.134 e. The highest BCUT2D eigenvalue weighted by Crippen LogP contribution is 2.11.